The van der Waals surface area contributed by atoms with Gasteiger partial charge in [-0.3, -0.25) is 0 Å². The van der Waals surface area contributed by atoms with Crippen molar-refractivity contribution in [3.63, 3.8) is 0 Å². The fourth-order valence-corrected chi connectivity index (χ4v) is 1.45. The second-order valence-electron chi connectivity index (χ2n) is 3.42. The summed E-state index contributed by atoms with van der Waals surface area (Å²) in [5.74, 6) is 0. The summed E-state index contributed by atoms with van der Waals surface area (Å²) in [7, 11) is 0. The van der Waals surface area contributed by atoms with Gasteiger partial charge < -0.3 is 5.11 Å². The quantitative estimate of drug-likeness (QED) is 0.813. The molecule has 0 saturated carbocycles. The van der Waals surface area contributed by atoms with E-state index < -0.39 is 0 Å². The van der Waals surface area contributed by atoms with Gasteiger partial charge in [0.1, 0.15) is 5.69 Å². The van der Waals surface area contributed by atoms with E-state index in [4.69, 9.17) is 5.11 Å². The summed E-state index contributed by atoms with van der Waals surface area (Å²) in [6.07, 6.45) is 0. The first-order chi connectivity index (χ1) is 7.31. The number of nitrogens with zero attached hydrogens (tertiary/aromatic N) is 3. The Labute approximate surface area is 88.2 Å². The number of aliphatic hydroxyl groups is 1. The third kappa shape index (κ3) is 2.05. The highest BCUT2D eigenvalue weighted by Crippen LogP contribution is 2.07. The van der Waals surface area contributed by atoms with Gasteiger partial charge in [-0.15, -0.1) is 5.10 Å². The summed E-state index contributed by atoms with van der Waals surface area (Å²) in [6.45, 7) is 2.55. The molecule has 2 aromatic rings. The van der Waals surface area contributed by atoms with Crippen LogP contribution < -0.4 is 0 Å². The van der Waals surface area contributed by atoms with Crippen LogP contribution in [0, 0.1) is 6.92 Å². The smallest absolute Gasteiger partial charge is 0.111 e. The van der Waals surface area contributed by atoms with Gasteiger partial charge in [0.15, 0.2) is 0 Å². The van der Waals surface area contributed by atoms with Gasteiger partial charge in [0, 0.05) is 0 Å². The Morgan fingerprint density at radius 1 is 1.27 bits per heavy atom. The Morgan fingerprint density at radius 2 is 2.00 bits per heavy atom. The lowest BCUT2D eigenvalue weighted by Gasteiger charge is -2.03. The maximum absolute atomic E-state index is 8.98. The topological polar surface area (TPSA) is 50.9 Å². The molecule has 0 aliphatic rings. The summed E-state index contributed by atoms with van der Waals surface area (Å²) in [5, 5.41) is 16.9. The molecule has 0 spiro atoms. The van der Waals surface area contributed by atoms with Crippen LogP contribution in [0.3, 0.4) is 0 Å². The summed E-state index contributed by atoms with van der Waals surface area (Å²) in [5.41, 5.74) is 2.74. The molecule has 0 unspecified atom stereocenters. The molecule has 1 heterocycles. The van der Waals surface area contributed by atoms with Crippen molar-refractivity contribution in [3.05, 3.63) is 47.3 Å². The van der Waals surface area contributed by atoms with E-state index in [-0.39, 0.29) is 6.61 Å². The van der Waals surface area contributed by atoms with Crippen molar-refractivity contribution in [1.82, 2.24) is 15.0 Å². The molecule has 0 saturated heterocycles. The minimum absolute atomic E-state index is 0.0549. The van der Waals surface area contributed by atoms with Gasteiger partial charge in [-0.25, -0.2) is 4.68 Å². The van der Waals surface area contributed by atoms with Crippen LogP contribution in [0.4, 0.5) is 0 Å². The van der Waals surface area contributed by atoms with Crippen LogP contribution in [0.15, 0.2) is 30.3 Å². The average Bonchev–Trinajstić information content (AvgIpc) is 2.62. The lowest BCUT2D eigenvalue weighted by atomic mass is 10.2. The molecule has 0 aliphatic heterocycles. The predicted octanol–water partition coefficient (Wildman–Crippen LogP) is 1.13. The largest absolute Gasteiger partial charge is 0.390 e. The zero-order valence-corrected chi connectivity index (χ0v) is 8.59. The first-order valence-corrected chi connectivity index (χ1v) is 4.85. The lowest BCUT2D eigenvalue weighted by Crippen LogP contribution is -2.04. The second-order valence-corrected chi connectivity index (χ2v) is 3.42. The van der Waals surface area contributed by atoms with E-state index in [1.165, 1.54) is 5.56 Å². The summed E-state index contributed by atoms with van der Waals surface area (Å²) in [6, 6.07) is 10.1. The van der Waals surface area contributed by atoms with E-state index in [1.807, 2.05) is 37.3 Å². The van der Waals surface area contributed by atoms with E-state index in [9.17, 15) is 0 Å². The molecule has 1 aromatic heterocycles. The van der Waals surface area contributed by atoms with Crippen LogP contribution in [0.5, 0.6) is 0 Å². The summed E-state index contributed by atoms with van der Waals surface area (Å²) >= 11 is 0. The van der Waals surface area contributed by atoms with Gasteiger partial charge >= 0.3 is 0 Å². The minimum Gasteiger partial charge on any atom is -0.390 e. The van der Waals surface area contributed by atoms with Crippen molar-refractivity contribution in [1.29, 1.82) is 0 Å². The highest BCUT2D eigenvalue weighted by molar-refractivity contribution is 5.16. The molecule has 2 rings (SSSR count). The number of hydrogen-bond donors (Lipinski definition) is 1. The molecule has 0 radical (unpaired) electrons. The Balaban J connectivity index is 2.21. The van der Waals surface area contributed by atoms with Crippen LogP contribution in [0.25, 0.3) is 0 Å². The summed E-state index contributed by atoms with van der Waals surface area (Å²) < 4.78 is 1.79. The number of aliphatic hydroxyl groups excluding tert-OH is 1. The Hall–Kier alpha value is -1.68. The fourth-order valence-electron chi connectivity index (χ4n) is 1.45. The highest BCUT2D eigenvalue weighted by atomic mass is 16.3. The van der Waals surface area contributed by atoms with Crippen LogP contribution >= 0.6 is 0 Å². The predicted molar refractivity (Wildman–Crippen MR) is 56.2 cm³/mol. The van der Waals surface area contributed by atoms with Crippen molar-refractivity contribution < 1.29 is 5.11 Å². The molecular formula is C11H13N3O. The highest BCUT2D eigenvalue weighted by Gasteiger charge is 2.06. The molecule has 4 nitrogen and oxygen atoms in total. The zero-order valence-electron chi connectivity index (χ0n) is 8.59. The van der Waals surface area contributed by atoms with Crippen LogP contribution in [0.2, 0.25) is 0 Å². The molecule has 1 aromatic carbocycles. The van der Waals surface area contributed by atoms with Crippen molar-refractivity contribution in [2.75, 3.05) is 0 Å². The first kappa shape index (κ1) is 9.86. The lowest BCUT2D eigenvalue weighted by molar-refractivity contribution is 0.276. The van der Waals surface area contributed by atoms with Crippen molar-refractivity contribution in [2.45, 2.75) is 20.1 Å². The Kier molecular flexibility index (Phi) is 2.78. The standard InChI is InChI=1S/C11H13N3O/c1-9-11(8-15)12-13-14(9)7-10-5-3-2-4-6-10/h2-6,15H,7-8H2,1H3. The van der Waals surface area contributed by atoms with Gasteiger partial charge in [-0.2, -0.15) is 0 Å². The van der Waals surface area contributed by atoms with Gasteiger partial charge in [0.2, 0.25) is 0 Å². The summed E-state index contributed by atoms with van der Waals surface area (Å²) in [4.78, 5) is 0. The first-order valence-electron chi connectivity index (χ1n) is 4.85. The molecule has 4 heteroatoms. The Morgan fingerprint density at radius 3 is 2.60 bits per heavy atom. The maximum Gasteiger partial charge on any atom is 0.111 e. The van der Waals surface area contributed by atoms with Gasteiger partial charge in [-0.05, 0) is 12.5 Å². The molecule has 0 bridgehead atoms. The van der Waals surface area contributed by atoms with Gasteiger partial charge in [0.25, 0.3) is 0 Å². The monoisotopic (exact) mass is 203 g/mol. The number of rotatable bonds is 3. The number of aromatic nitrogens is 3. The SMILES string of the molecule is Cc1c(CO)nnn1Cc1ccccc1. The van der Waals surface area contributed by atoms with Gasteiger partial charge in [0.05, 0.1) is 18.8 Å². The van der Waals surface area contributed by atoms with Crippen LogP contribution in [0.1, 0.15) is 17.0 Å². The van der Waals surface area contributed by atoms with E-state index >= 15 is 0 Å². The molecule has 0 amide bonds. The normalized spacial score (nSPS) is 10.5. The third-order valence-corrected chi connectivity index (χ3v) is 2.40. The van der Waals surface area contributed by atoms with Crippen molar-refractivity contribution >= 4 is 0 Å². The van der Waals surface area contributed by atoms with Gasteiger partial charge in [-0.1, -0.05) is 35.5 Å². The Bertz CT molecular complexity index is 436. The number of benzene rings is 1. The molecule has 0 aliphatic carbocycles. The molecule has 1 N–H and O–H groups in total. The van der Waals surface area contributed by atoms with Crippen LogP contribution in [-0.2, 0) is 13.2 Å². The number of hydrogen-bond acceptors (Lipinski definition) is 3. The minimum atomic E-state index is -0.0549. The molecule has 0 fully saturated rings. The van der Waals surface area contributed by atoms with Crippen LogP contribution in [-0.4, -0.2) is 20.1 Å². The molecule has 78 valence electrons. The molecular weight excluding hydrogens is 190 g/mol. The van der Waals surface area contributed by atoms with E-state index in [1.54, 1.807) is 4.68 Å². The molecule has 0 atom stereocenters. The van der Waals surface area contributed by atoms with Crippen molar-refractivity contribution in [3.8, 4) is 0 Å². The molecule has 15 heavy (non-hydrogen) atoms. The third-order valence-electron chi connectivity index (χ3n) is 2.40. The average molecular weight is 203 g/mol. The zero-order chi connectivity index (χ0) is 10.7. The second kappa shape index (κ2) is 4.23. The van der Waals surface area contributed by atoms with Crippen molar-refractivity contribution in [2.24, 2.45) is 0 Å². The van der Waals surface area contributed by atoms with E-state index in [0.717, 1.165) is 5.69 Å². The maximum atomic E-state index is 8.98. The van der Waals surface area contributed by atoms with E-state index in [0.29, 0.717) is 12.2 Å². The fraction of sp³-hybridized carbons (Fsp3) is 0.273. The van der Waals surface area contributed by atoms with E-state index in [2.05, 4.69) is 10.3 Å².